The first-order valence-electron chi connectivity index (χ1n) is 9.51. The molecule has 0 unspecified atom stereocenters. The highest BCUT2D eigenvalue weighted by molar-refractivity contribution is 8.27. The number of hydrazone groups is 1. The predicted octanol–water partition coefficient (Wildman–Crippen LogP) is 5.11. The van der Waals surface area contributed by atoms with E-state index < -0.39 is 5.91 Å². The van der Waals surface area contributed by atoms with Crippen molar-refractivity contribution in [1.82, 2.24) is 9.58 Å². The molecule has 1 aromatic heterocycles. The van der Waals surface area contributed by atoms with Crippen molar-refractivity contribution in [3.05, 3.63) is 94.3 Å². The Balaban J connectivity index is 1.51. The Morgan fingerprint density at radius 3 is 2.61 bits per heavy atom. The summed E-state index contributed by atoms with van der Waals surface area (Å²) < 4.78 is 1.92. The first-order chi connectivity index (χ1) is 15.0. The Morgan fingerprint density at radius 2 is 1.84 bits per heavy atom. The molecular weight excluding hydrogens is 430 g/mol. The topological polar surface area (TPSA) is 73.8 Å². The zero-order valence-corrected chi connectivity index (χ0v) is 18.0. The highest BCUT2D eigenvalue weighted by atomic mass is 35.5. The summed E-state index contributed by atoms with van der Waals surface area (Å²) in [5.74, 6) is -0.441. The van der Waals surface area contributed by atoms with Crippen molar-refractivity contribution in [2.45, 2.75) is 6.92 Å². The van der Waals surface area contributed by atoms with Crippen molar-refractivity contribution in [2.75, 3.05) is 0 Å². The lowest BCUT2D eigenvalue weighted by molar-refractivity contribution is -0.114. The number of aromatic nitrogens is 1. The summed E-state index contributed by atoms with van der Waals surface area (Å²) in [7, 11) is 0. The van der Waals surface area contributed by atoms with Gasteiger partial charge in [-0.25, -0.2) is 0 Å². The number of aliphatic imine (C=N–C) groups is 1. The van der Waals surface area contributed by atoms with Crippen LogP contribution in [0.15, 0.2) is 82.5 Å². The number of nitrogens with one attached hydrogen (secondary N) is 1. The lowest BCUT2D eigenvalue weighted by Gasteiger charge is -2.20. The number of benzene rings is 2. The number of halogens is 1. The number of amides is 1. The Morgan fingerprint density at radius 1 is 1.06 bits per heavy atom. The summed E-state index contributed by atoms with van der Waals surface area (Å²) >= 11 is 7.30. The van der Waals surface area contributed by atoms with Gasteiger partial charge in [0.2, 0.25) is 5.17 Å². The molecule has 1 amide bonds. The molecule has 3 aromatic rings. The van der Waals surface area contributed by atoms with Crippen LogP contribution in [0.4, 0.5) is 0 Å². The van der Waals surface area contributed by atoms with Crippen molar-refractivity contribution in [3.63, 3.8) is 0 Å². The predicted molar refractivity (Wildman–Crippen MR) is 126 cm³/mol. The smallest absolute Gasteiger partial charge is 0.283 e. The first kappa shape index (κ1) is 19.5. The molecule has 0 radical (unpaired) electrons. The van der Waals surface area contributed by atoms with Crippen LogP contribution in [0.5, 0.6) is 0 Å². The second-order valence-corrected chi connectivity index (χ2v) is 8.41. The van der Waals surface area contributed by atoms with E-state index in [-0.39, 0.29) is 11.4 Å². The molecule has 6 nitrogen and oxygen atoms in total. The van der Waals surface area contributed by atoms with E-state index in [2.05, 4.69) is 10.1 Å². The third-order valence-corrected chi connectivity index (χ3v) is 6.20. The zero-order valence-electron chi connectivity index (χ0n) is 16.4. The number of amidine groups is 2. The summed E-state index contributed by atoms with van der Waals surface area (Å²) in [4.78, 5) is 17.0. The van der Waals surface area contributed by atoms with E-state index in [9.17, 15) is 4.79 Å². The van der Waals surface area contributed by atoms with Gasteiger partial charge in [-0.05, 0) is 66.7 Å². The lowest BCUT2D eigenvalue weighted by atomic mass is 10.1. The van der Waals surface area contributed by atoms with Crippen LogP contribution in [-0.4, -0.2) is 31.5 Å². The van der Waals surface area contributed by atoms with Gasteiger partial charge in [-0.1, -0.05) is 35.9 Å². The minimum absolute atomic E-state index is 0.00920. The van der Waals surface area contributed by atoms with Crippen LogP contribution in [0.1, 0.15) is 16.8 Å². The summed E-state index contributed by atoms with van der Waals surface area (Å²) in [6, 6.07) is 19.0. The second-order valence-electron chi connectivity index (χ2n) is 7.02. The number of thioether (sulfide) groups is 1. The molecule has 0 fully saturated rings. The SMILES string of the molecule is Cc1ccccc1C1=NN2C(=N)/C(=C\c3cccn3-c3ccc(Cl)cc3)C(=O)N=C2S1. The molecule has 2 aromatic carbocycles. The van der Waals surface area contributed by atoms with Crippen LogP contribution in [-0.2, 0) is 4.79 Å². The number of hydrogen-bond acceptors (Lipinski definition) is 4. The summed E-state index contributed by atoms with van der Waals surface area (Å²) in [5.41, 5.74) is 3.88. The van der Waals surface area contributed by atoms with E-state index >= 15 is 0 Å². The fraction of sp³-hybridized carbons (Fsp3) is 0.0435. The Kier molecular flexibility index (Phi) is 4.84. The van der Waals surface area contributed by atoms with Crippen molar-refractivity contribution >= 4 is 51.4 Å². The molecule has 152 valence electrons. The van der Waals surface area contributed by atoms with Crippen molar-refractivity contribution in [3.8, 4) is 5.69 Å². The lowest BCUT2D eigenvalue weighted by Crippen LogP contribution is -2.35. The van der Waals surface area contributed by atoms with E-state index in [1.54, 1.807) is 18.2 Å². The molecule has 2 aliphatic rings. The monoisotopic (exact) mass is 445 g/mol. The second kappa shape index (κ2) is 7.68. The van der Waals surface area contributed by atoms with E-state index in [0.717, 1.165) is 27.6 Å². The van der Waals surface area contributed by atoms with Gasteiger partial charge in [-0.15, -0.1) is 0 Å². The molecule has 0 saturated carbocycles. The molecule has 1 N–H and O–H groups in total. The van der Waals surface area contributed by atoms with Gasteiger partial charge in [0.25, 0.3) is 5.91 Å². The maximum atomic E-state index is 12.8. The molecule has 5 rings (SSSR count). The molecule has 0 bridgehead atoms. The number of aryl methyl sites for hydroxylation is 1. The highest BCUT2D eigenvalue weighted by Gasteiger charge is 2.36. The molecule has 2 aliphatic heterocycles. The number of nitrogens with zero attached hydrogens (tertiary/aromatic N) is 4. The van der Waals surface area contributed by atoms with Gasteiger partial charge in [-0.2, -0.15) is 15.1 Å². The highest BCUT2D eigenvalue weighted by Crippen LogP contribution is 2.32. The standard InChI is InChI=1S/C23H16ClN5OS/c1-14-5-2-3-7-18(14)22-27-29-20(25)19(21(30)26-23(29)31-22)13-17-6-4-12-28(17)16-10-8-15(24)9-11-16/h2-13,25H,1H3/b19-13+,25-20?. The fourth-order valence-corrected chi connectivity index (χ4v) is 4.52. The molecule has 0 spiro atoms. The number of hydrogen-bond donors (Lipinski definition) is 1. The van der Waals surface area contributed by atoms with Crippen molar-refractivity contribution in [2.24, 2.45) is 10.1 Å². The zero-order chi connectivity index (χ0) is 21.5. The molecule has 0 saturated heterocycles. The fourth-order valence-electron chi connectivity index (χ4n) is 3.41. The van der Waals surface area contributed by atoms with Crippen LogP contribution in [0, 0.1) is 12.3 Å². The summed E-state index contributed by atoms with van der Waals surface area (Å²) in [5, 5.41) is 16.4. The number of fused-ring (bicyclic) bond motifs is 1. The maximum absolute atomic E-state index is 12.8. The largest absolute Gasteiger partial charge is 0.317 e. The molecule has 0 atom stereocenters. The van der Waals surface area contributed by atoms with Crippen LogP contribution < -0.4 is 0 Å². The van der Waals surface area contributed by atoms with Gasteiger partial charge in [0.1, 0.15) is 5.04 Å². The van der Waals surface area contributed by atoms with Gasteiger partial charge in [0, 0.05) is 28.2 Å². The maximum Gasteiger partial charge on any atom is 0.283 e. The number of carbonyl (C=O) groups is 1. The van der Waals surface area contributed by atoms with Gasteiger partial charge in [0.15, 0.2) is 5.84 Å². The molecule has 31 heavy (non-hydrogen) atoms. The van der Waals surface area contributed by atoms with Crippen molar-refractivity contribution < 1.29 is 4.79 Å². The number of carbonyl (C=O) groups excluding carboxylic acids is 1. The third kappa shape index (κ3) is 3.52. The Labute approximate surface area is 188 Å². The normalized spacial score (nSPS) is 17.1. The minimum Gasteiger partial charge on any atom is -0.317 e. The van der Waals surface area contributed by atoms with Crippen LogP contribution >= 0.6 is 23.4 Å². The number of rotatable bonds is 3. The average molecular weight is 446 g/mol. The van der Waals surface area contributed by atoms with Gasteiger partial charge in [-0.3, -0.25) is 10.2 Å². The molecular formula is C23H16ClN5OS. The third-order valence-electron chi connectivity index (χ3n) is 5.01. The van der Waals surface area contributed by atoms with Crippen LogP contribution in [0.25, 0.3) is 11.8 Å². The molecule has 0 aliphatic carbocycles. The average Bonchev–Trinajstić information content (AvgIpc) is 3.39. The molecule has 3 heterocycles. The van der Waals surface area contributed by atoms with E-state index in [0.29, 0.717) is 10.2 Å². The van der Waals surface area contributed by atoms with Crippen molar-refractivity contribution in [1.29, 1.82) is 5.41 Å². The Bertz CT molecular complexity index is 1320. The van der Waals surface area contributed by atoms with E-state index in [1.807, 2.05) is 66.2 Å². The molecule has 8 heteroatoms. The van der Waals surface area contributed by atoms with Gasteiger partial charge >= 0.3 is 0 Å². The summed E-state index contributed by atoms with van der Waals surface area (Å²) in [6.45, 7) is 2.00. The van der Waals surface area contributed by atoms with E-state index in [1.165, 1.54) is 16.8 Å². The van der Waals surface area contributed by atoms with Crippen LogP contribution in [0.3, 0.4) is 0 Å². The summed E-state index contributed by atoms with van der Waals surface area (Å²) in [6.07, 6.45) is 3.56. The quantitative estimate of drug-likeness (QED) is 0.569. The van der Waals surface area contributed by atoms with Gasteiger partial charge < -0.3 is 4.57 Å². The first-order valence-corrected chi connectivity index (χ1v) is 10.7. The van der Waals surface area contributed by atoms with E-state index in [4.69, 9.17) is 17.0 Å². The minimum atomic E-state index is -0.450. The Hall–Kier alpha value is -3.42. The van der Waals surface area contributed by atoms with Crippen LogP contribution in [0.2, 0.25) is 5.02 Å². The van der Waals surface area contributed by atoms with Gasteiger partial charge in [0.05, 0.1) is 5.57 Å².